The summed E-state index contributed by atoms with van der Waals surface area (Å²) in [7, 11) is 1.55. The molecule has 10 unspecified atom stereocenters. The summed E-state index contributed by atoms with van der Waals surface area (Å²) in [6.45, 7) is 16.0. The minimum atomic E-state index is -1.62. The quantitative estimate of drug-likeness (QED) is 0.140. The maximum Gasteiger partial charge on any atom is 0.302 e. The Morgan fingerprint density at radius 3 is 2.27 bits per heavy atom. The molecule has 1 saturated heterocycles. The standard InChI is InChI=1S/C48H66N4O12/c1-11-32(54)52-21-19-48(20-22-52)50-36-33-34-41(57)29(7)44-35(33)45(59)47(9,64-44)62-23-14-12-13-18-31(61-10)26(4)43(63-30(8)53)28(6)40(56)27(5)39(55)24(2)16-15-17-25(3)46(60)49-38(42(34)58)37(36)51-48/h13,15-18,24,26-28,31,39-40,43,45,55-59H,11-12,14,19-23H2,1-10H3,(H,49,60)/b16-15+,18-13+,25-17-. The SMILES string of the molecule is CCC(=O)N1CCC2(CC1)N=c1c3c(O)c4c(O)c(C)c5c(c4c1=N2)C(O)C(C)(OCCC/C=C/C(OC)C(C)C(OC(C)=O)C(C)C(O)C(C)C(O)C(C)/C=C/C=C(/C)C(=O)N3)O5. The Balaban J connectivity index is 1.46. The monoisotopic (exact) mass is 890 g/mol. The van der Waals surface area contributed by atoms with Crippen molar-refractivity contribution in [3.63, 3.8) is 0 Å². The number of nitrogens with one attached hydrogen (secondary N) is 1. The molecule has 6 N–H and O–H groups in total. The van der Waals surface area contributed by atoms with Crippen LogP contribution in [0.3, 0.4) is 0 Å². The lowest BCUT2D eigenvalue weighted by molar-refractivity contribution is -0.213. The average molecular weight is 891 g/mol. The van der Waals surface area contributed by atoms with Crippen LogP contribution < -0.4 is 20.8 Å². The van der Waals surface area contributed by atoms with Gasteiger partial charge in [-0.1, -0.05) is 65.0 Å². The van der Waals surface area contributed by atoms with Crippen LogP contribution in [0.2, 0.25) is 0 Å². The van der Waals surface area contributed by atoms with Crippen LogP contribution in [-0.2, 0) is 28.6 Å². The number of carbonyl (C=O) groups excluding carboxylic acids is 3. The summed E-state index contributed by atoms with van der Waals surface area (Å²) in [6, 6.07) is 0. The van der Waals surface area contributed by atoms with Crippen LogP contribution in [0.5, 0.6) is 17.2 Å². The van der Waals surface area contributed by atoms with Crippen molar-refractivity contribution in [3.05, 3.63) is 57.8 Å². The minimum absolute atomic E-state index is 0.00875. The van der Waals surface area contributed by atoms with E-state index in [1.54, 1.807) is 78.7 Å². The fourth-order valence-corrected chi connectivity index (χ4v) is 9.55. The second-order valence-electron chi connectivity index (χ2n) is 18.1. The van der Waals surface area contributed by atoms with Gasteiger partial charge in [-0.05, 0) is 26.7 Å². The van der Waals surface area contributed by atoms with Gasteiger partial charge in [0.15, 0.2) is 11.4 Å². The van der Waals surface area contributed by atoms with Crippen molar-refractivity contribution in [1.82, 2.24) is 4.90 Å². The van der Waals surface area contributed by atoms with E-state index in [4.69, 9.17) is 28.9 Å². The molecule has 4 aliphatic heterocycles. The van der Waals surface area contributed by atoms with Gasteiger partial charge in [-0.15, -0.1) is 0 Å². The number of amides is 2. The molecule has 0 aliphatic carbocycles. The smallest absolute Gasteiger partial charge is 0.302 e. The number of ether oxygens (including phenoxy) is 4. The number of esters is 1. The Morgan fingerprint density at radius 2 is 1.62 bits per heavy atom. The van der Waals surface area contributed by atoms with Crippen LogP contribution in [-0.4, -0.2) is 111 Å². The van der Waals surface area contributed by atoms with Gasteiger partial charge in [-0.25, -0.2) is 0 Å². The summed E-state index contributed by atoms with van der Waals surface area (Å²) in [5.41, 5.74) is -0.440. The topological polar surface area (TPSA) is 229 Å². The van der Waals surface area contributed by atoms with E-state index in [-0.39, 0.29) is 67.9 Å². The number of phenolic OH excluding ortho intramolecular Hbond substituents is 2. The highest BCUT2D eigenvalue weighted by Gasteiger charge is 2.49. The molecule has 64 heavy (non-hydrogen) atoms. The van der Waals surface area contributed by atoms with Crippen molar-refractivity contribution in [2.75, 3.05) is 32.1 Å². The number of phenols is 2. The fourth-order valence-electron chi connectivity index (χ4n) is 9.55. The number of piperidine rings is 1. The number of aromatic hydroxyl groups is 2. The zero-order valence-corrected chi connectivity index (χ0v) is 38.7. The van der Waals surface area contributed by atoms with Gasteiger partial charge >= 0.3 is 5.97 Å². The van der Waals surface area contributed by atoms with Crippen molar-refractivity contribution >= 4 is 34.2 Å². The number of fused-ring (bicyclic) bond motifs is 1. The molecular weight excluding hydrogens is 825 g/mol. The Labute approximate surface area is 374 Å². The largest absolute Gasteiger partial charge is 0.507 e. The molecule has 0 aromatic heterocycles. The van der Waals surface area contributed by atoms with Crippen LogP contribution in [0.15, 0.2) is 45.9 Å². The molecule has 16 nitrogen and oxygen atoms in total. The molecule has 1 fully saturated rings. The molecule has 4 aliphatic rings. The molecule has 6 rings (SSSR count). The van der Waals surface area contributed by atoms with E-state index in [2.05, 4.69) is 5.32 Å². The number of benzene rings is 2. The van der Waals surface area contributed by atoms with E-state index < -0.39 is 83.3 Å². The highest BCUT2D eigenvalue weighted by molar-refractivity contribution is 6.08. The first-order chi connectivity index (χ1) is 30.2. The van der Waals surface area contributed by atoms with Gasteiger partial charge in [-0.2, -0.15) is 0 Å². The molecule has 1 spiro atoms. The third-order valence-corrected chi connectivity index (χ3v) is 13.7. The molecule has 0 radical (unpaired) electrons. The molecule has 4 heterocycles. The first kappa shape index (κ1) is 48.6. The highest BCUT2D eigenvalue weighted by Crippen LogP contribution is 2.54. The number of aliphatic hydroxyl groups excluding tert-OH is 3. The summed E-state index contributed by atoms with van der Waals surface area (Å²) in [5.74, 6) is -5.49. The number of carbonyl (C=O) groups is 3. The van der Waals surface area contributed by atoms with E-state index in [0.29, 0.717) is 45.2 Å². The third-order valence-electron chi connectivity index (χ3n) is 13.7. The van der Waals surface area contributed by atoms with E-state index in [1.807, 2.05) is 19.1 Å². The number of allylic oxidation sites excluding steroid dienone is 3. The third kappa shape index (κ3) is 9.17. The molecule has 0 saturated carbocycles. The molecule has 10 atom stereocenters. The van der Waals surface area contributed by atoms with Gasteiger partial charge in [0.1, 0.15) is 34.8 Å². The molecule has 350 valence electrons. The van der Waals surface area contributed by atoms with Gasteiger partial charge in [-0.3, -0.25) is 24.4 Å². The van der Waals surface area contributed by atoms with E-state index in [0.717, 1.165) is 0 Å². The lowest BCUT2D eigenvalue weighted by Gasteiger charge is -2.38. The summed E-state index contributed by atoms with van der Waals surface area (Å²) < 4.78 is 24.3. The summed E-state index contributed by atoms with van der Waals surface area (Å²) >= 11 is 0. The zero-order valence-electron chi connectivity index (χ0n) is 38.7. The van der Waals surface area contributed by atoms with Gasteiger partial charge in [0.25, 0.3) is 5.91 Å². The van der Waals surface area contributed by atoms with Gasteiger partial charge in [0.05, 0.1) is 35.7 Å². The molecule has 2 aromatic carbocycles. The van der Waals surface area contributed by atoms with E-state index in [9.17, 15) is 39.9 Å². The van der Waals surface area contributed by atoms with Crippen molar-refractivity contribution in [2.24, 2.45) is 33.7 Å². The predicted molar refractivity (Wildman–Crippen MR) is 238 cm³/mol. The molecular formula is C48H66N4O12. The minimum Gasteiger partial charge on any atom is -0.507 e. The number of methoxy groups -OCH3 is 1. The molecule has 4 bridgehead atoms. The second kappa shape index (κ2) is 19.3. The first-order valence-electron chi connectivity index (χ1n) is 22.4. The number of hydrogen-bond acceptors (Lipinski definition) is 14. The van der Waals surface area contributed by atoms with E-state index in [1.165, 1.54) is 6.92 Å². The molecule has 16 heteroatoms. The average Bonchev–Trinajstić information content (AvgIpc) is 3.77. The lowest BCUT2D eigenvalue weighted by Crippen LogP contribution is -2.46. The summed E-state index contributed by atoms with van der Waals surface area (Å²) in [6.07, 6.45) is 6.01. The van der Waals surface area contributed by atoms with Crippen LogP contribution in [0.4, 0.5) is 5.69 Å². The highest BCUT2D eigenvalue weighted by atomic mass is 16.7. The molecule has 2 aromatic rings. The maximum atomic E-state index is 14.0. The number of hydrogen-bond donors (Lipinski definition) is 6. The maximum absolute atomic E-state index is 14.0. The number of anilines is 1. The Hall–Kier alpha value is -4.87. The normalized spacial score (nSPS) is 33.1. The predicted octanol–water partition coefficient (Wildman–Crippen LogP) is 4.70. The van der Waals surface area contributed by atoms with Gasteiger partial charge in [0.2, 0.25) is 11.7 Å². The van der Waals surface area contributed by atoms with Crippen LogP contribution in [0, 0.1) is 30.6 Å². The number of aliphatic hydroxyl groups is 3. The van der Waals surface area contributed by atoms with Crippen molar-refractivity contribution in [1.29, 1.82) is 0 Å². The lowest BCUT2D eigenvalue weighted by atomic mass is 9.78. The van der Waals surface area contributed by atoms with Gasteiger partial charge in [0, 0.05) is 99.1 Å². The summed E-state index contributed by atoms with van der Waals surface area (Å²) in [4.78, 5) is 50.9. The molecule has 2 amide bonds. The van der Waals surface area contributed by atoms with E-state index >= 15 is 0 Å². The Bertz CT molecular complexity index is 2350. The van der Waals surface area contributed by atoms with Crippen molar-refractivity contribution in [3.8, 4) is 17.2 Å². The number of rotatable bonds is 3. The zero-order chi connectivity index (χ0) is 47.0. The van der Waals surface area contributed by atoms with Crippen LogP contribution >= 0.6 is 0 Å². The van der Waals surface area contributed by atoms with Crippen molar-refractivity contribution in [2.45, 2.75) is 136 Å². The Morgan fingerprint density at radius 1 is 0.953 bits per heavy atom. The number of likely N-dealkylation sites (tertiary alicyclic amines) is 1. The first-order valence-corrected chi connectivity index (χ1v) is 22.4. The summed E-state index contributed by atoms with van der Waals surface area (Å²) in [5, 5.41) is 62.5. The van der Waals surface area contributed by atoms with Crippen LogP contribution in [0.25, 0.3) is 10.8 Å². The van der Waals surface area contributed by atoms with Crippen molar-refractivity contribution < 1.29 is 58.9 Å². The fraction of sp³-hybridized carbons (Fsp3) is 0.604. The van der Waals surface area contributed by atoms with Gasteiger partial charge < -0.3 is 54.7 Å². The number of nitrogens with zero attached hydrogens (tertiary/aromatic N) is 3. The Kier molecular flexibility index (Phi) is 14.7. The second-order valence-corrected chi connectivity index (χ2v) is 18.1. The van der Waals surface area contributed by atoms with Crippen LogP contribution in [0.1, 0.15) is 105 Å².